The summed E-state index contributed by atoms with van der Waals surface area (Å²) >= 11 is 0. The molecule has 0 aliphatic rings. The molecule has 2 aromatic carbocycles. The van der Waals surface area contributed by atoms with Crippen LogP contribution in [0, 0.1) is 6.92 Å². The van der Waals surface area contributed by atoms with Gasteiger partial charge in [-0.05, 0) is 72.0 Å². The number of nitrogens with two attached hydrogens (primary N) is 1. The van der Waals surface area contributed by atoms with Crippen LogP contribution in [0.2, 0.25) is 0 Å². The van der Waals surface area contributed by atoms with Crippen molar-refractivity contribution in [3.05, 3.63) is 72.1 Å². The van der Waals surface area contributed by atoms with E-state index in [9.17, 15) is 8.42 Å². The van der Waals surface area contributed by atoms with Gasteiger partial charge < -0.3 is 4.57 Å². The first-order valence-electron chi connectivity index (χ1n) is 9.46. The molecule has 2 heterocycles. The van der Waals surface area contributed by atoms with Crippen LogP contribution in [0.1, 0.15) is 18.1 Å². The first-order chi connectivity index (χ1) is 13.8. The highest BCUT2D eigenvalue weighted by molar-refractivity contribution is 7.89. The predicted molar refractivity (Wildman–Crippen MR) is 117 cm³/mol. The number of primary sulfonamides is 1. The van der Waals surface area contributed by atoms with E-state index in [2.05, 4.69) is 35.5 Å². The summed E-state index contributed by atoms with van der Waals surface area (Å²) in [6.45, 7) is 4.30. The molecule has 0 unspecified atom stereocenters. The van der Waals surface area contributed by atoms with Gasteiger partial charge in [-0.2, -0.15) is 0 Å². The summed E-state index contributed by atoms with van der Waals surface area (Å²) < 4.78 is 25.5. The van der Waals surface area contributed by atoms with Gasteiger partial charge in [-0.1, -0.05) is 19.1 Å². The minimum atomic E-state index is -3.73. The van der Waals surface area contributed by atoms with Gasteiger partial charge in [0, 0.05) is 35.9 Å². The Kier molecular flexibility index (Phi) is 4.76. The number of hydrogen-bond acceptors (Lipinski definition) is 3. The lowest BCUT2D eigenvalue weighted by Gasteiger charge is -2.09. The molecule has 2 N–H and O–H groups in total. The molecule has 0 saturated heterocycles. The van der Waals surface area contributed by atoms with Gasteiger partial charge in [0.2, 0.25) is 10.0 Å². The molecule has 148 valence electrons. The Balaban J connectivity index is 2.06. The van der Waals surface area contributed by atoms with Crippen molar-refractivity contribution in [2.75, 3.05) is 0 Å². The van der Waals surface area contributed by atoms with Gasteiger partial charge in [0.25, 0.3) is 0 Å². The molecule has 0 amide bonds. The quantitative estimate of drug-likeness (QED) is 0.546. The van der Waals surface area contributed by atoms with Crippen molar-refractivity contribution < 1.29 is 8.42 Å². The van der Waals surface area contributed by atoms with Crippen LogP contribution in [0.4, 0.5) is 0 Å². The molecule has 4 aromatic rings. The van der Waals surface area contributed by atoms with Crippen molar-refractivity contribution in [3.8, 4) is 22.4 Å². The summed E-state index contributed by atoms with van der Waals surface area (Å²) in [5.41, 5.74) is 7.85. The number of sulfonamides is 1. The Morgan fingerprint density at radius 3 is 2.24 bits per heavy atom. The average Bonchev–Trinajstić information content (AvgIpc) is 2.99. The fraction of sp³-hybridized carbons (Fsp3) is 0.174. The van der Waals surface area contributed by atoms with E-state index in [1.807, 2.05) is 31.3 Å². The van der Waals surface area contributed by atoms with Crippen molar-refractivity contribution in [3.63, 3.8) is 0 Å². The van der Waals surface area contributed by atoms with Gasteiger partial charge in [-0.15, -0.1) is 0 Å². The number of hydrogen-bond donors (Lipinski definition) is 1. The van der Waals surface area contributed by atoms with Gasteiger partial charge in [-0.25, -0.2) is 13.6 Å². The van der Waals surface area contributed by atoms with Gasteiger partial charge in [0.1, 0.15) is 0 Å². The van der Waals surface area contributed by atoms with Crippen molar-refractivity contribution in [1.82, 2.24) is 9.55 Å². The second kappa shape index (κ2) is 7.13. The molecule has 2 aromatic heterocycles. The maximum atomic E-state index is 11.7. The number of rotatable bonds is 4. The van der Waals surface area contributed by atoms with Crippen molar-refractivity contribution in [1.29, 1.82) is 0 Å². The molecule has 0 radical (unpaired) electrons. The highest BCUT2D eigenvalue weighted by atomic mass is 32.2. The number of benzene rings is 2. The third-order valence-corrected chi connectivity index (χ3v) is 6.39. The third kappa shape index (κ3) is 3.34. The van der Waals surface area contributed by atoms with E-state index in [0.29, 0.717) is 0 Å². The van der Waals surface area contributed by atoms with Crippen LogP contribution in [0.15, 0.2) is 65.8 Å². The van der Waals surface area contributed by atoms with E-state index in [4.69, 9.17) is 5.14 Å². The van der Waals surface area contributed by atoms with E-state index < -0.39 is 10.0 Å². The minimum Gasteiger partial charge on any atom is -0.343 e. The Morgan fingerprint density at radius 2 is 1.66 bits per heavy atom. The SMILES string of the molecule is CCc1cc2c(-c3ccncc3)c(-c3ccc(S(N)(=O)=O)cc3)n(C)c2cc1C. The zero-order valence-corrected chi connectivity index (χ0v) is 17.5. The van der Waals surface area contributed by atoms with Crippen molar-refractivity contribution in [2.45, 2.75) is 25.2 Å². The molecule has 0 fully saturated rings. The fourth-order valence-corrected chi connectivity index (χ4v) is 4.48. The average molecular weight is 406 g/mol. The lowest BCUT2D eigenvalue weighted by atomic mass is 9.96. The topological polar surface area (TPSA) is 78.0 Å². The third-order valence-electron chi connectivity index (χ3n) is 5.46. The molecule has 6 heteroatoms. The second-order valence-corrected chi connectivity index (χ2v) is 8.80. The number of fused-ring (bicyclic) bond motifs is 1. The molecular weight excluding hydrogens is 382 g/mol. The lowest BCUT2D eigenvalue weighted by Crippen LogP contribution is -2.11. The molecule has 0 saturated carbocycles. The molecule has 0 bridgehead atoms. The molecule has 0 aliphatic carbocycles. The molecule has 0 spiro atoms. The highest BCUT2D eigenvalue weighted by Crippen LogP contribution is 2.41. The van der Waals surface area contributed by atoms with E-state index in [1.165, 1.54) is 16.5 Å². The molecule has 0 aliphatic heterocycles. The zero-order valence-electron chi connectivity index (χ0n) is 16.7. The van der Waals surface area contributed by atoms with Crippen LogP contribution in [-0.2, 0) is 23.5 Å². The summed E-state index contributed by atoms with van der Waals surface area (Å²) in [5.74, 6) is 0. The summed E-state index contributed by atoms with van der Waals surface area (Å²) in [4.78, 5) is 4.27. The first-order valence-corrected chi connectivity index (χ1v) is 11.0. The van der Waals surface area contributed by atoms with E-state index >= 15 is 0 Å². The van der Waals surface area contributed by atoms with Gasteiger partial charge >= 0.3 is 0 Å². The van der Waals surface area contributed by atoms with Gasteiger partial charge in [0.05, 0.1) is 10.6 Å². The maximum absolute atomic E-state index is 11.7. The Morgan fingerprint density at radius 1 is 1.00 bits per heavy atom. The van der Waals surface area contributed by atoms with E-state index in [-0.39, 0.29) is 4.90 Å². The Labute approximate surface area is 170 Å². The van der Waals surface area contributed by atoms with Crippen LogP contribution in [0.5, 0.6) is 0 Å². The normalized spacial score (nSPS) is 11.9. The number of aryl methyl sites for hydroxylation is 3. The molecule has 4 rings (SSSR count). The summed E-state index contributed by atoms with van der Waals surface area (Å²) in [5, 5.41) is 6.44. The van der Waals surface area contributed by atoms with Crippen LogP contribution in [0.25, 0.3) is 33.3 Å². The van der Waals surface area contributed by atoms with Crippen molar-refractivity contribution >= 4 is 20.9 Å². The van der Waals surface area contributed by atoms with Crippen molar-refractivity contribution in [2.24, 2.45) is 12.2 Å². The highest BCUT2D eigenvalue weighted by Gasteiger charge is 2.20. The summed E-state index contributed by atoms with van der Waals surface area (Å²) in [7, 11) is -1.69. The number of aromatic nitrogens is 2. The lowest BCUT2D eigenvalue weighted by molar-refractivity contribution is 0.598. The maximum Gasteiger partial charge on any atom is 0.238 e. The predicted octanol–water partition coefficient (Wildman–Crippen LogP) is 4.43. The second-order valence-electron chi connectivity index (χ2n) is 7.24. The summed E-state index contributed by atoms with van der Waals surface area (Å²) in [6, 6.07) is 15.2. The Bertz CT molecular complexity index is 1310. The van der Waals surface area contributed by atoms with E-state index in [1.54, 1.807) is 24.5 Å². The summed E-state index contributed by atoms with van der Waals surface area (Å²) in [6.07, 6.45) is 4.54. The largest absolute Gasteiger partial charge is 0.343 e. The van der Waals surface area contributed by atoms with Crippen LogP contribution < -0.4 is 5.14 Å². The molecular formula is C23H23N3O2S. The van der Waals surface area contributed by atoms with Gasteiger partial charge in [-0.3, -0.25) is 4.98 Å². The minimum absolute atomic E-state index is 0.106. The first kappa shape index (κ1) is 19.4. The number of pyridine rings is 1. The van der Waals surface area contributed by atoms with Crippen LogP contribution in [-0.4, -0.2) is 18.0 Å². The zero-order chi connectivity index (χ0) is 20.8. The number of nitrogens with zero attached hydrogens (tertiary/aromatic N) is 2. The standard InChI is InChI=1S/C23H23N3O2S/c1-4-16-14-20-21(13-15(16)2)26(3)23(22(20)17-9-11-25-12-10-17)18-5-7-19(8-6-18)29(24,27)28/h5-14H,4H2,1-3H3,(H2,24,27,28). The van der Waals surface area contributed by atoms with E-state index in [0.717, 1.165) is 34.3 Å². The molecule has 5 nitrogen and oxygen atoms in total. The fourth-order valence-electron chi connectivity index (χ4n) is 3.96. The van der Waals surface area contributed by atoms with Gasteiger partial charge in [0.15, 0.2) is 0 Å². The molecule has 29 heavy (non-hydrogen) atoms. The van der Waals surface area contributed by atoms with Crippen LogP contribution in [0.3, 0.4) is 0 Å². The smallest absolute Gasteiger partial charge is 0.238 e. The molecule has 0 atom stereocenters. The monoisotopic (exact) mass is 405 g/mol. The Hall–Kier alpha value is -2.96. The van der Waals surface area contributed by atoms with Crippen LogP contribution >= 0.6 is 0 Å².